The maximum absolute atomic E-state index is 14.0. The lowest BCUT2D eigenvalue weighted by atomic mass is 9.73. The summed E-state index contributed by atoms with van der Waals surface area (Å²) in [5, 5.41) is 0. The van der Waals surface area contributed by atoms with Gasteiger partial charge in [-0.05, 0) is 38.1 Å². The van der Waals surface area contributed by atoms with Gasteiger partial charge < -0.3 is 4.74 Å². The minimum Gasteiger partial charge on any atom is -0.469 e. The van der Waals surface area contributed by atoms with Gasteiger partial charge in [0.2, 0.25) is 5.88 Å². The summed E-state index contributed by atoms with van der Waals surface area (Å²) in [6.07, 6.45) is 5.07. The molecule has 0 aliphatic carbocycles. The normalized spacial score (nSPS) is 31.2. The molecule has 5 heterocycles. The predicted molar refractivity (Wildman–Crippen MR) is 85.9 cm³/mol. The van der Waals surface area contributed by atoms with Crippen molar-refractivity contribution in [2.75, 3.05) is 19.6 Å². The topological polar surface area (TPSA) is 25.4 Å². The van der Waals surface area contributed by atoms with Gasteiger partial charge in [0.25, 0.3) is 0 Å². The Balaban J connectivity index is 1.51. The Labute approximate surface area is 135 Å². The summed E-state index contributed by atoms with van der Waals surface area (Å²) in [5.41, 5.74) is 2.47. The van der Waals surface area contributed by atoms with Crippen LogP contribution in [0, 0.1) is 11.7 Å². The molecule has 4 aliphatic heterocycles. The van der Waals surface area contributed by atoms with Crippen LogP contribution >= 0.6 is 0 Å². The van der Waals surface area contributed by atoms with Crippen molar-refractivity contribution in [1.82, 2.24) is 9.88 Å². The van der Waals surface area contributed by atoms with Crippen LogP contribution in [-0.2, 0) is 6.42 Å². The number of hydrogen-bond donors (Lipinski definition) is 0. The van der Waals surface area contributed by atoms with Gasteiger partial charge in [-0.15, -0.1) is 0 Å². The molecule has 3 fully saturated rings. The van der Waals surface area contributed by atoms with Gasteiger partial charge in [-0.2, -0.15) is 0 Å². The molecule has 3 nitrogen and oxygen atoms in total. The highest BCUT2D eigenvalue weighted by Gasteiger charge is 2.52. The van der Waals surface area contributed by atoms with E-state index in [-0.39, 0.29) is 11.4 Å². The van der Waals surface area contributed by atoms with E-state index >= 15 is 0 Å². The van der Waals surface area contributed by atoms with Crippen LogP contribution in [0.1, 0.15) is 18.4 Å². The molecule has 0 amide bonds. The van der Waals surface area contributed by atoms with Gasteiger partial charge >= 0.3 is 0 Å². The molecule has 1 aromatic heterocycles. The standard InChI is InChI=1S/C19H19FN2O/c20-17-4-2-1-3-16(17)14-9-13-10-19(23-18(13)21-11-14)12-22-7-5-15(19)6-8-22/h1-4,9,11,15H,5-8,10,12H2/t19-/m0/s1. The van der Waals surface area contributed by atoms with Crippen LogP contribution < -0.4 is 4.74 Å². The SMILES string of the molecule is Fc1ccccc1-c1cnc2c(c1)C[C@@]1(CN3CCC1CC3)O2. The molecular weight excluding hydrogens is 291 g/mol. The fraction of sp³-hybridized carbons (Fsp3) is 0.421. The largest absolute Gasteiger partial charge is 0.469 e. The van der Waals surface area contributed by atoms with Crippen LogP contribution in [0.4, 0.5) is 4.39 Å². The van der Waals surface area contributed by atoms with Crippen molar-refractivity contribution in [2.24, 2.45) is 5.92 Å². The zero-order valence-corrected chi connectivity index (χ0v) is 13.0. The highest BCUT2D eigenvalue weighted by molar-refractivity contribution is 5.65. The summed E-state index contributed by atoms with van der Waals surface area (Å²) in [5.74, 6) is 1.17. The van der Waals surface area contributed by atoms with E-state index in [1.165, 1.54) is 32.0 Å². The minimum atomic E-state index is -0.203. The van der Waals surface area contributed by atoms with Crippen LogP contribution in [0.25, 0.3) is 11.1 Å². The molecule has 2 aromatic rings. The summed E-state index contributed by atoms with van der Waals surface area (Å²) >= 11 is 0. The smallest absolute Gasteiger partial charge is 0.217 e. The number of rotatable bonds is 1. The second kappa shape index (κ2) is 4.78. The third-order valence-corrected chi connectivity index (χ3v) is 5.72. The van der Waals surface area contributed by atoms with Gasteiger partial charge in [0.1, 0.15) is 11.4 Å². The Morgan fingerprint density at radius 3 is 2.78 bits per heavy atom. The van der Waals surface area contributed by atoms with Crippen molar-refractivity contribution in [3.8, 4) is 17.0 Å². The summed E-state index contributed by atoms with van der Waals surface area (Å²) < 4.78 is 20.4. The molecule has 0 radical (unpaired) electrons. The van der Waals surface area contributed by atoms with Crippen molar-refractivity contribution in [1.29, 1.82) is 0 Å². The Morgan fingerprint density at radius 2 is 2.04 bits per heavy atom. The maximum atomic E-state index is 14.0. The van der Waals surface area contributed by atoms with Gasteiger partial charge in [0.05, 0.1) is 0 Å². The number of fused-ring (bicyclic) bond motifs is 3. The third-order valence-electron chi connectivity index (χ3n) is 5.72. The summed E-state index contributed by atoms with van der Waals surface area (Å²) in [4.78, 5) is 7.01. The molecule has 4 heteroatoms. The lowest BCUT2D eigenvalue weighted by molar-refractivity contribution is -0.0814. The average molecular weight is 310 g/mol. The lowest BCUT2D eigenvalue weighted by Gasteiger charge is -2.50. The van der Waals surface area contributed by atoms with E-state index in [0.29, 0.717) is 11.5 Å². The highest BCUT2D eigenvalue weighted by atomic mass is 19.1. The average Bonchev–Trinajstić information content (AvgIpc) is 2.93. The molecule has 0 unspecified atom stereocenters. The zero-order valence-electron chi connectivity index (χ0n) is 13.0. The van der Waals surface area contributed by atoms with E-state index in [1.54, 1.807) is 18.3 Å². The fourth-order valence-corrected chi connectivity index (χ4v) is 4.55. The first-order chi connectivity index (χ1) is 11.2. The Morgan fingerprint density at radius 1 is 1.22 bits per heavy atom. The quantitative estimate of drug-likeness (QED) is 0.808. The molecule has 4 aliphatic rings. The first-order valence-corrected chi connectivity index (χ1v) is 8.39. The highest BCUT2D eigenvalue weighted by Crippen LogP contribution is 2.46. The Hall–Kier alpha value is -1.94. The van der Waals surface area contributed by atoms with Gasteiger partial charge in [-0.3, -0.25) is 4.90 Å². The molecule has 3 saturated heterocycles. The summed E-state index contributed by atoms with van der Waals surface area (Å²) in [6.45, 7) is 3.39. The molecule has 0 N–H and O–H groups in total. The van der Waals surface area contributed by atoms with Crippen LogP contribution in [0.2, 0.25) is 0 Å². The van der Waals surface area contributed by atoms with E-state index in [1.807, 2.05) is 6.07 Å². The fourth-order valence-electron chi connectivity index (χ4n) is 4.55. The molecule has 2 bridgehead atoms. The monoisotopic (exact) mass is 310 g/mol. The maximum Gasteiger partial charge on any atom is 0.217 e. The van der Waals surface area contributed by atoms with Crippen molar-refractivity contribution < 1.29 is 9.13 Å². The zero-order chi connectivity index (χ0) is 15.4. The van der Waals surface area contributed by atoms with Crippen LogP contribution in [-0.4, -0.2) is 35.1 Å². The van der Waals surface area contributed by atoms with Gasteiger partial charge in [0, 0.05) is 41.8 Å². The number of nitrogens with zero attached hydrogens (tertiary/aromatic N) is 2. The van der Waals surface area contributed by atoms with E-state index < -0.39 is 0 Å². The van der Waals surface area contributed by atoms with E-state index in [2.05, 4.69) is 16.0 Å². The van der Waals surface area contributed by atoms with Crippen molar-refractivity contribution in [3.05, 3.63) is 47.9 Å². The van der Waals surface area contributed by atoms with Crippen LogP contribution in [0.3, 0.4) is 0 Å². The third kappa shape index (κ3) is 2.01. The number of ether oxygens (including phenoxy) is 1. The minimum absolute atomic E-state index is 0.0975. The number of piperidine rings is 3. The van der Waals surface area contributed by atoms with Crippen molar-refractivity contribution in [3.63, 3.8) is 0 Å². The predicted octanol–water partition coefficient (Wildman–Crippen LogP) is 3.29. The lowest BCUT2D eigenvalue weighted by Crippen LogP contribution is -2.61. The van der Waals surface area contributed by atoms with Crippen molar-refractivity contribution in [2.45, 2.75) is 24.9 Å². The first-order valence-electron chi connectivity index (χ1n) is 8.39. The van der Waals surface area contributed by atoms with Gasteiger partial charge in [-0.25, -0.2) is 9.37 Å². The van der Waals surface area contributed by atoms with Crippen molar-refractivity contribution >= 4 is 0 Å². The van der Waals surface area contributed by atoms with Crippen LogP contribution in [0.5, 0.6) is 5.88 Å². The number of pyridine rings is 1. The Bertz CT molecular complexity index is 770. The van der Waals surface area contributed by atoms with E-state index in [0.717, 1.165) is 30.0 Å². The summed E-state index contributed by atoms with van der Waals surface area (Å²) in [6, 6.07) is 8.93. The second-order valence-electron chi connectivity index (χ2n) is 7.06. The second-order valence-corrected chi connectivity index (χ2v) is 7.06. The number of halogens is 1. The molecule has 23 heavy (non-hydrogen) atoms. The molecule has 118 valence electrons. The molecule has 0 saturated carbocycles. The van der Waals surface area contributed by atoms with Gasteiger partial charge in [0.15, 0.2) is 0 Å². The molecule has 1 atom stereocenters. The van der Waals surface area contributed by atoms with Gasteiger partial charge in [-0.1, -0.05) is 18.2 Å². The Kier molecular flexibility index (Phi) is 2.80. The molecule has 1 spiro atoms. The first kappa shape index (κ1) is 13.5. The number of hydrogen-bond acceptors (Lipinski definition) is 3. The van der Waals surface area contributed by atoms with E-state index in [4.69, 9.17) is 4.74 Å². The molecule has 6 rings (SSSR count). The van der Waals surface area contributed by atoms with Crippen LogP contribution in [0.15, 0.2) is 36.5 Å². The number of benzene rings is 1. The van der Waals surface area contributed by atoms with E-state index in [9.17, 15) is 4.39 Å². The number of aromatic nitrogens is 1. The molecular formula is C19H19FN2O. The molecule has 1 aromatic carbocycles. The summed E-state index contributed by atoms with van der Waals surface area (Å²) in [7, 11) is 0.